The Morgan fingerprint density at radius 2 is 0.894 bits per heavy atom. The van der Waals surface area contributed by atoms with Gasteiger partial charge in [-0.25, -0.2) is 19.9 Å². The lowest BCUT2D eigenvalue weighted by molar-refractivity contribution is 1.07. The third kappa shape index (κ3) is 5.62. The Bertz CT molecular complexity index is 2310. The van der Waals surface area contributed by atoms with Crippen LogP contribution in [0.3, 0.4) is 0 Å². The second kappa shape index (κ2) is 12.2. The van der Waals surface area contributed by atoms with E-state index in [1.54, 1.807) is 0 Å². The van der Waals surface area contributed by atoms with E-state index in [1.165, 1.54) is 26.1 Å². The fraction of sp³-hybridized carbons (Fsp3) is 0.0476. The highest BCUT2D eigenvalue weighted by Gasteiger charge is 2.17. The number of hydrogen-bond donors (Lipinski definition) is 0. The molecular formula is C42H30N4S. The molecule has 8 aromatic rings. The molecule has 4 nitrogen and oxygen atoms in total. The van der Waals surface area contributed by atoms with Crippen LogP contribution in [0.2, 0.25) is 0 Å². The van der Waals surface area contributed by atoms with Gasteiger partial charge in [-0.3, -0.25) is 0 Å². The lowest BCUT2D eigenvalue weighted by Crippen LogP contribution is -2.01. The zero-order valence-corrected chi connectivity index (χ0v) is 26.9. The summed E-state index contributed by atoms with van der Waals surface area (Å²) >= 11 is 1.85. The molecule has 0 aliphatic rings. The van der Waals surface area contributed by atoms with Gasteiger partial charge in [0.25, 0.3) is 0 Å². The van der Waals surface area contributed by atoms with Gasteiger partial charge in [-0.1, -0.05) is 127 Å². The summed E-state index contributed by atoms with van der Waals surface area (Å²) in [5.41, 5.74) is 10.2. The summed E-state index contributed by atoms with van der Waals surface area (Å²) in [6, 6.07) is 49.9. The molecule has 0 radical (unpaired) electrons. The molecule has 3 heterocycles. The number of fused-ring (bicyclic) bond motifs is 1. The molecule has 0 aliphatic carbocycles. The summed E-state index contributed by atoms with van der Waals surface area (Å²) in [4.78, 5) is 21.6. The van der Waals surface area contributed by atoms with Gasteiger partial charge in [0.1, 0.15) is 0 Å². The van der Waals surface area contributed by atoms with Crippen molar-refractivity contribution < 1.29 is 0 Å². The molecule has 47 heavy (non-hydrogen) atoms. The molecule has 0 unspecified atom stereocenters. The summed E-state index contributed by atoms with van der Waals surface area (Å²) in [7, 11) is 0. The van der Waals surface area contributed by atoms with Crippen molar-refractivity contribution in [1.82, 2.24) is 19.9 Å². The topological polar surface area (TPSA) is 51.6 Å². The Morgan fingerprint density at radius 3 is 1.51 bits per heavy atom. The average molecular weight is 623 g/mol. The minimum atomic E-state index is 0.600. The van der Waals surface area contributed by atoms with Crippen molar-refractivity contribution in [1.29, 1.82) is 0 Å². The van der Waals surface area contributed by atoms with Crippen LogP contribution in [0.25, 0.3) is 77.9 Å². The first-order valence-electron chi connectivity index (χ1n) is 15.6. The van der Waals surface area contributed by atoms with Crippen molar-refractivity contribution in [3.63, 3.8) is 0 Å². The Hall–Kier alpha value is -5.78. The van der Waals surface area contributed by atoms with Gasteiger partial charge in [0.2, 0.25) is 0 Å². The van der Waals surface area contributed by atoms with E-state index in [0.29, 0.717) is 17.5 Å². The fourth-order valence-corrected chi connectivity index (χ4v) is 7.13. The summed E-state index contributed by atoms with van der Waals surface area (Å²) < 4.78 is 1.31. The van der Waals surface area contributed by atoms with Crippen molar-refractivity contribution in [3.05, 3.63) is 156 Å². The van der Waals surface area contributed by atoms with Gasteiger partial charge in [-0.05, 0) is 54.1 Å². The monoisotopic (exact) mass is 622 g/mol. The van der Waals surface area contributed by atoms with Crippen molar-refractivity contribution in [3.8, 4) is 67.8 Å². The van der Waals surface area contributed by atoms with Crippen LogP contribution in [0, 0.1) is 13.8 Å². The predicted molar refractivity (Wildman–Crippen MR) is 195 cm³/mol. The van der Waals surface area contributed by atoms with E-state index in [4.69, 9.17) is 19.9 Å². The number of thiophene rings is 1. The van der Waals surface area contributed by atoms with Crippen molar-refractivity contribution in [2.24, 2.45) is 0 Å². The second-order valence-electron chi connectivity index (χ2n) is 11.6. The summed E-state index contributed by atoms with van der Waals surface area (Å²) in [5, 5.41) is 1.31. The summed E-state index contributed by atoms with van der Waals surface area (Å²) in [6.07, 6.45) is 0. The zero-order valence-electron chi connectivity index (χ0n) is 26.1. The number of hydrogen-bond acceptors (Lipinski definition) is 5. The van der Waals surface area contributed by atoms with Gasteiger partial charge in [-0.15, -0.1) is 11.3 Å². The second-order valence-corrected chi connectivity index (χ2v) is 12.8. The molecule has 5 heteroatoms. The van der Waals surface area contributed by atoms with Gasteiger partial charge in [0, 0.05) is 37.4 Å². The molecule has 8 rings (SSSR count). The van der Waals surface area contributed by atoms with E-state index in [-0.39, 0.29) is 0 Å². The molecule has 0 aliphatic heterocycles. The molecule has 0 spiro atoms. The highest BCUT2D eigenvalue weighted by molar-refractivity contribution is 7.19. The van der Waals surface area contributed by atoms with Crippen LogP contribution in [0.5, 0.6) is 0 Å². The standard InChI is InChI=1S/C42H30N4S/c1-27-28(2)47-39-35(27)22-13-23-36(39)32-20-12-21-33(24-32)41-44-40(31-18-10-5-11-19-31)45-42(46-41)34-25-37(29-14-6-3-7-15-29)43-38(26-34)30-16-8-4-9-17-30/h3-26H,1-2H3. The van der Waals surface area contributed by atoms with E-state index in [9.17, 15) is 0 Å². The van der Waals surface area contributed by atoms with Gasteiger partial charge < -0.3 is 0 Å². The Kier molecular flexibility index (Phi) is 7.44. The maximum absolute atomic E-state index is 5.14. The molecule has 0 N–H and O–H groups in total. The van der Waals surface area contributed by atoms with Gasteiger partial charge in [-0.2, -0.15) is 0 Å². The zero-order chi connectivity index (χ0) is 31.7. The van der Waals surface area contributed by atoms with Crippen molar-refractivity contribution >= 4 is 21.4 Å². The van der Waals surface area contributed by atoms with Crippen LogP contribution >= 0.6 is 11.3 Å². The van der Waals surface area contributed by atoms with Gasteiger partial charge >= 0.3 is 0 Å². The Balaban J connectivity index is 1.32. The number of nitrogens with zero attached hydrogens (tertiary/aromatic N) is 4. The van der Waals surface area contributed by atoms with Gasteiger partial charge in [0.05, 0.1) is 11.4 Å². The largest absolute Gasteiger partial charge is 0.248 e. The van der Waals surface area contributed by atoms with E-state index in [2.05, 4.69) is 92.7 Å². The number of aromatic nitrogens is 4. The van der Waals surface area contributed by atoms with E-state index in [0.717, 1.165) is 44.8 Å². The fourth-order valence-electron chi connectivity index (χ4n) is 5.94. The maximum Gasteiger partial charge on any atom is 0.164 e. The van der Waals surface area contributed by atoms with E-state index >= 15 is 0 Å². The van der Waals surface area contributed by atoms with Crippen LogP contribution in [-0.2, 0) is 0 Å². The van der Waals surface area contributed by atoms with Crippen molar-refractivity contribution in [2.75, 3.05) is 0 Å². The molecule has 0 saturated heterocycles. The minimum absolute atomic E-state index is 0.600. The molecular weight excluding hydrogens is 593 g/mol. The first-order chi connectivity index (χ1) is 23.1. The number of rotatable bonds is 6. The van der Waals surface area contributed by atoms with E-state index < -0.39 is 0 Å². The normalized spacial score (nSPS) is 11.2. The lowest BCUT2D eigenvalue weighted by atomic mass is 10.00. The molecule has 224 valence electrons. The molecule has 0 bridgehead atoms. The molecule has 0 atom stereocenters. The molecule has 0 fully saturated rings. The molecule has 3 aromatic heterocycles. The third-order valence-electron chi connectivity index (χ3n) is 8.52. The Labute approximate surface area is 278 Å². The van der Waals surface area contributed by atoms with Crippen LogP contribution in [0.15, 0.2) is 146 Å². The number of benzene rings is 5. The minimum Gasteiger partial charge on any atom is -0.248 e. The third-order valence-corrected chi connectivity index (χ3v) is 9.78. The van der Waals surface area contributed by atoms with Gasteiger partial charge in [0.15, 0.2) is 17.5 Å². The molecule has 0 saturated carbocycles. The quantitative estimate of drug-likeness (QED) is 0.185. The van der Waals surface area contributed by atoms with Crippen LogP contribution in [0.4, 0.5) is 0 Å². The first kappa shape index (κ1) is 28.7. The number of aryl methyl sites for hydroxylation is 2. The van der Waals surface area contributed by atoms with E-state index in [1.807, 2.05) is 78.1 Å². The Morgan fingerprint density at radius 1 is 0.404 bits per heavy atom. The maximum atomic E-state index is 5.14. The summed E-state index contributed by atoms with van der Waals surface area (Å²) in [6.45, 7) is 4.40. The van der Waals surface area contributed by atoms with Crippen LogP contribution in [-0.4, -0.2) is 19.9 Å². The lowest BCUT2D eigenvalue weighted by Gasteiger charge is -2.12. The highest BCUT2D eigenvalue weighted by Crippen LogP contribution is 2.39. The SMILES string of the molecule is Cc1sc2c(-c3cccc(-c4nc(-c5ccccc5)nc(-c5cc(-c6ccccc6)nc(-c6ccccc6)c5)n4)c3)cccc2c1C. The average Bonchev–Trinajstić information content (AvgIpc) is 3.45. The molecule has 0 amide bonds. The summed E-state index contributed by atoms with van der Waals surface area (Å²) in [5.74, 6) is 1.85. The highest BCUT2D eigenvalue weighted by atomic mass is 32.1. The first-order valence-corrected chi connectivity index (χ1v) is 16.5. The number of pyridine rings is 1. The smallest absolute Gasteiger partial charge is 0.164 e. The predicted octanol–water partition coefficient (Wildman–Crippen LogP) is 11.1. The van der Waals surface area contributed by atoms with Crippen molar-refractivity contribution in [2.45, 2.75) is 13.8 Å². The molecule has 5 aromatic carbocycles. The van der Waals surface area contributed by atoms with Crippen LogP contribution in [0.1, 0.15) is 10.4 Å². The van der Waals surface area contributed by atoms with Crippen LogP contribution < -0.4 is 0 Å².